The van der Waals surface area contributed by atoms with Crippen molar-refractivity contribution in [2.24, 2.45) is 0 Å². The van der Waals surface area contributed by atoms with Crippen LogP contribution in [0.2, 0.25) is 0 Å². The predicted molar refractivity (Wildman–Crippen MR) is 141 cm³/mol. The van der Waals surface area contributed by atoms with Crippen LogP contribution in [0, 0.1) is 5.82 Å². The third-order valence-electron chi connectivity index (χ3n) is 5.94. The van der Waals surface area contributed by atoms with Gasteiger partial charge in [-0.1, -0.05) is 43.3 Å². The molecule has 1 aromatic heterocycles. The number of carbonyl (C=O) groups excluding carboxylic acids is 2. The fraction of sp³-hybridized carbons (Fsp3) is 0.103. The zero-order valence-electron chi connectivity index (χ0n) is 19.1. The molecule has 0 saturated carbocycles. The fourth-order valence-corrected chi connectivity index (χ4v) is 5.19. The number of hydrogen-bond donors (Lipinski definition) is 1. The molecule has 1 atom stereocenters. The van der Waals surface area contributed by atoms with Crippen LogP contribution < -0.4 is 5.32 Å². The highest BCUT2D eigenvalue weighted by molar-refractivity contribution is 8.00. The number of thioether (sulfide) groups is 1. The van der Waals surface area contributed by atoms with Crippen molar-refractivity contribution in [3.8, 4) is 0 Å². The summed E-state index contributed by atoms with van der Waals surface area (Å²) in [5.41, 5.74) is 2.84. The average molecular weight is 483 g/mol. The van der Waals surface area contributed by atoms with Gasteiger partial charge < -0.3 is 5.32 Å². The fourth-order valence-electron chi connectivity index (χ4n) is 4.20. The number of nitrogens with zero attached hydrogens (tertiary/aromatic N) is 1. The molecule has 0 aliphatic rings. The Hall–Kier alpha value is -3.90. The average Bonchev–Trinajstić information content (AvgIpc) is 3.22. The Morgan fingerprint density at radius 2 is 1.40 bits per heavy atom. The van der Waals surface area contributed by atoms with Crippen LogP contribution in [0.5, 0.6) is 0 Å². The van der Waals surface area contributed by atoms with Crippen molar-refractivity contribution in [1.29, 1.82) is 0 Å². The highest BCUT2D eigenvalue weighted by Gasteiger charge is 2.23. The van der Waals surface area contributed by atoms with Crippen molar-refractivity contribution in [1.82, 2.24) is 4.57 Å². The van der Waals surface area contributed by atoms with E-state index in [1.54, 1.807) is 12.1 Å². The number of fused-ring (bicyclic) bond motifs is 3. The molecule has 0 aliphatic heterocycles. The van der Waals surface area contributed by atoms with E-state index in [0.29, 0.717) is 17.7 Å². The number of amides is 1. The highest BCUT2D eigenvalue weighted by atomic mass is 32.2. The molecule has 0 radical (unpaired) electrons. The number of carbonyl (C=O) groups is 2. The summed E-state index contributed by atoms with van der Waals surface area (Å²) in [5.74, 6) is -0.647. The van der Waals surface area contributed by atoms with Crippen LogP contribution in [-0.2, 0) is 0 Å². The van der Waals surface area contributed by atoms with Gasteiger partial charge in [0.2, 0.25) is 5.91 Å². The molecule has 1 amide bonds. The van der Waals surface area contributed by atoms with E-state index in [-0.39, 0.29) is 22.9 Å². The third-order valence-corrected chi connectivity index (χ3v) is 7.31. The van der Waals surface area contributed by atoms with Crippen molar-refractivity contribution in [2.45, 2.75) is 23.5 Å². The number of benzene rings is 4. The predicted octanol–water partition coefficient (Wildman–Crippen LogP) is 7.40. The number of rotatable bonds is 6. The van der Waals surface area contributed by atoms with Gasteiger partial charge in [-0.25, -0.2) is 4.39 Å². The standard InChI is InChI=1S/C29H23FN2O2S/c1-2-27(29(34)32-25-9-5-3-7-23(25)24-8-4-6-10-26(24)32)35-22-17-15-21(16-18-22)31-28(33)19-11-13-20(30)14-12-19/h3-18,27H,2H2,1H3,(H,31,33). The van der Waals surface area contributed by atoms with Crippen LogP contribution in [0.3, 0.4) is 0 Å². The van der Waals surface area contributed by atoms with Crippen LogP contribution in [0.4, 0.5) is 10.1 Å². The number of nitrogens with one attached hydrogen (secondary N) is 1. The van der Waals surface area contributed by atoms with Crippen LogP contribution in [-0.4, -0.2) is 21.6 Å². The first-order chi connectivity index (χ1) is 17.0. The quantitative estimate of drug-likeness (QED) is 0.257. The maximum Gasteiger partial charge on any atom is 0.255 e. The number of aromatic nitrogens is 1. The first-order valence-corrected chi connectivity index (χ1v) is 12.3. The molecule has 1 N–H and O–H groups in total. The maximum atomic E-state index is 13.7. The molecule has 0 saturated heterocycles. The summed E-state index contributed by atoms with van der Waals surface area (Å²) >= 11 is 1.51. The lowest BCUT2D eigenvalue weighted by Crippen LogP contribution is -2.23. The van der Waals surface area contributed by atoms with E-state index >= 15 is 0 Å². The van der Waals surface area contributed by atoms with Gasteiger partial charge in [0.15, 0.2) is 0 Å². The Balaban J connectivity index is 1.35. The van der Waals surface area contributed by atoms with Gasteiger partial charge in [-0.15, -0.1) is 11.8 Å². The smallest absolute Gasteiger partial charge is 0.255 e. The van der Waals surface area contributed by atoms with Crippen LogP contribution >= 0.6 is 11.8 Å². The van der Waals surface area contributed by atoms with Crippen LogP contribution in [0.25, 0.3) is 21.8 Å². The molecule has 5 rings (SSSR count). The second kappa shape index (κ2) is 9.76. The van der Waals surface area contributed by atoms with Gasteiger partial charge in [-0.3, -0.25) is 14.2 Å². The minimum Gasteiger partial charge on any atom is -0.322 e. The summed E-state index contributed by atoms with van der Waals surface area (Å²) in [7, 11) is 0. The highest BCUT2D eigenvalue weighted by Crippen LogP contribution is 2.33. The Bertz CT molecular complexity index is 1470. The summed E-state index contributed by atoms with van der Waals surface area (Å²) in [5, 5.41) is 4.68. The Morgan fingerprint density at radius 1 is 0.829 bits per heavy atom. The third kappa shape index (κ3) is 4.57. The Kier molecular flexibility index (Phi) is 6.38. The molecule has 0 spiro atoms. The first kappa shape index (κ1) is 22.9. The van der Waals surface area contributed by atoms with E-state index in [9.17, 15) is 14.0 Å². The molecule has 35 heavy (non-hydrogen) atoms. The van der Waals surface area contributed by atoms with Gasteiger partial charge in [0.25, 0.3) is 5.91 Å². The van der Waals surface area contributed by atoms with E-state index < -0.39 is 0 Å². The molecule has 1 unspecified atom stereocenters. The van der Waals surface area contributed by atoms with Gasteiger partial charge in [0, 0.05) is 26.9 Å². The topological polar surface area (TPSA) is 51.1 Å². The Labute approximate surface area is 206 Å². The molecular formula is C29H23FN2O2S. The van der Waals surface area contributed by atoms with Crippen LogP contribution in [0.1, 0.15) is 28.5 Å². The van der Waals surface area contributed by atoms with E-state index in [0.717, 1.165) is 26.7 Å². The minimum absolute atomic E-state index is 0.0450. The summed E-state index contributed by atoms with van der Waals surface area (Å²) in [6.07, 6.45) is 0.674. The van der Waals surface area contributed by atoms with E-state index in [1.165, 1.54) is 36.0 Å². The number of hydrogen-bond acceptors (Lipinski definition) is 3. The first-order valence-electron chi connectivity index (χ1n) is 11.4. The van der Waals surface area contributed by atoms with E-state index in [4.69, 9.17) is 0 Å². The zero-order valence-corrected chi connectivity index (χ0v) is 19.9. The van der Waals surface area contributed by atoms with Gasteiger partial charge >= 0.3 is 0 Å². The molecule has 6 heteroatoms. The maximum absolute atomic E-state index is 13.7. The van der Waals surface area contributed by atoms with Crippen molar-refractivity contribution in [3.63, 3.8) is 0 Å². The normalized spacial score (nSPS) is 12.1. The largest absolute Gasteiger partial charge is 0.322 e. The molecular weight excluding hydrogens is 459 g/mol. The van der Waals surface area contributed by atoms with Gasteiger partial charge in [-0.05, 0) is 67.1 Å². The molecule has 5 aromatic rings. The van der Waals surface area contributed by atoms with Crippen molar-refractivity contribution < 1.29 is 14.0 Å². The minimum atomic E-state index is -0.385. The lowest BCUT2D eigenvalue weighted by atomic mass is 10.2. The molecule has 4 aromatic carbocycles. The van der Waals surface area contributed by atoms with E-state index in [1.807, 2.05) is 60.0 Å². The molecule has 0 fully saturated rings. The number of halogens is 1. The molecule has 0 aliphatic carbocycles. The lowest BCUT2D eigenvalue weighted by molar-refractivity contribution is 0.0918. The second-order valence-electron chi connectivity index (χ2n) is 8.21. The van der Waals surface area contributed by atoms with Crippen molar-refractivity contribution in [3.05, 3.63) is 108 Å². The molecule has 174 valence electrons. The molecule has 1 heterocycles. The lowest BCUT2D eigenvalue weighted by Gasteiger charge is -2.16. The summed E-state index contributed by atoms with van der Waals surface area (Å²) in [6.45, 7) is 2.01. The molecule has 0 bridgehead atoms. The van der Waals surface area contributed by atoms with Crippen molar-refractivity contribution in [2.75, 3.05) is 5.32 Å². The molecule has 4 nitrogen and oxygen atoms in total. The van der Waals surface area contributed by atoms with Gasteiger partial charge in [-0.2, -0.15) is 0 Å². The van der Waals surface area contributed by atoms with Crippen LogP contribution in [0.15, 0.2) is 102 Å². The Morgan fingerprint density at radius 3 is 1.97 bits per heavy atom. The zero-order chi connectivity index (χ0) is 24.4. The summed E-state index contributed by atoms with van der Waals surface area (Å²) in [6, 6.07) is 28.8. The SMILES string of the molecule is CCC(Sc1ccc(NC(=O)c2ccc(F)cc2)cc1)C(=O)n1c2ccccc2c2ccccc21. The van der Waals surface area contributed by atoms with Gasteiger partial charge in [0.05, 0.1) is 16.3 Å². The second-order valence-corrected chi connectivity index (χ2v) is 9.48. The summed E-state index contributed by atoms with van der Waals surface area (Å²) in [4.78, 5) is 27.0. The number of para-hydroxylation sites is 2. The summed E-state index contributed by atoms with van der Waals surface area (Å²) < 4.78 is 14.9. The van der Waals surface area contributed by atoms with Crippen molar-refractivity contribution >= 4 is 51.1 Å². The van der Waals surface area contributed by atoms with Gasteiger partial charge in [0.1, 0.15) is 5.82 Å². The van der Waals surface area contributed by atoms with E-state index in [2.05, 4.69) is 17.4 Å². The number of anilines is 1. The monoisotopic (exact) mass is 482 g/mol.